The minimum Gasteiger partial charge on any atom is -0.463 e. The number of benzene rings is 3. The fraction of sp³-hybridized carbons (Fsp3) is 0. The van der Waals surface area contributed by atoms with Crippen LogP contribution in [0.1, 0.15) is 0 Å². The normalized spacial score (nSPS) is 11.2. The fourth-order valence-corrected chi connectivity index (χ4v) is 2.93. The molecule has 1 heterocycles. The average molecular weight is 279 g/mol. The lowest BCUT2D eigenvalue weighted by Crippen LogP contribution is -1.78. The van der Waals surface area contributed by atoms with Gasteiger partial charge in [-0.15, -0.1) is 0 Å². The Bertz CT molecular complexity index is 907. The molecule has 4 aromatic rings. The third-order valence-electron chi connectivity index (χ3n) is 3.61. The van der Waals surface area contributed by atoms with Crippen molar-refractivity contribution in [3.8, 4) is 11.1 Å². The van der Waals surface area contributed by atoms with Gasteiger partial charge in [-0.3, -0.25) is 0 Å². The van der Waals surface area contributed by atoms with Gasteiger partial charge in [-0.2, -0.15) is 0 Å². The molecule has 0 atom stereocenters. The summed E-state index contributed by atoms with van der Waals surface area (Å²) in [4.78, 5) is 0. The van der Waals surface area contributed by atoms with Gasteiger partial charge in [0.15, 0.2) is 0 Å². The van der Waals surface area contributed by atoms with Gasteiger partial charge < -0.3 is 4.42 Å². The average Bonchev–Trinajstić information content (AvgIpc) is 2.92. The molecular weight excluding hydrogens is 268 g/mol. The number of hydrogen-bond donors (Lipinski definition) is 0. The molecule has 20 heavy (non-hydrogen) atoms. The molecule has 2 heteroatoms. The van der Waals surface area contributed by atoms with E-state index in [0.29, 0.717) is 0 Å². The molecule has 3 aromatic carbocycles. The van der Waals surface area contributed by atoms with Crippen molar-refractivity contribution in [2.75, 3.05) is 0 Å². The zero-order valence-electron chi connectivity index (χ0n) is 10.6. The molecule has 0 spiro atoms. The van der Waals surface area contributed by atoms with E-state index < -0.39 is 0 Å². The smallest absolute Gasteiger partial charge is 0.142 e. The second kappa shape index (κ2) is 4.39. The summed E-state index contributed by atoms with van der Waals surface area (Å²) in [6, 6.07) is 20.3. The summed E-state index contributed by atoms with van der Waals surface area (Å²) in [7, 11) is 0. The van der Waals surface area contributed by atoms with Gasteiger partial charge in [-0.05, 0) is 11.6 Å². The van der Waals surface area contributed by atoms with E-state index >= 15 is 0 Å². The third kappa shape index (κ3) is 1.64. The van der Waals surface area contributed by atoms with Crippen LogP contribution >= 0.6 is 11.6 Å². The maximum absolute atomic E-state index is 6.41. The van der Waals surface area contributed by atoms with Crippen molar-refractivity contribution < 1.29 is 4.42 Å². The van der Waals surface area contributed by atoms with Crippen LogP contribution in [0.5, 0.6) is 0 Å². The SMILES string of the molecule is Clc1cc2c(-c3ccccc3)coc2c2ccccc12. The maximum atomic E-state index is 6.41. The van der Waals surface area contributed by atoms with Crippen LogP contribution < -0.4 is 0 Å². The van der Waals surface area contributed by atoms with Crippen LogP contribution in [0.3, 0.4) is 0 Å². The molecule has 0 saturated heterocycles. The first-order chi connectivity index (χ1) is 9.84. The molecule has 0 radical (unpaired) electrons. The molecule has 1 aromatic heterocycles. The lowest BCUT2D eigenvalue weighted by molar-refractivity contribution is 0.620. The summed E-state index contributed by atoms with van der Waals surface area (Å²) in [6.07, 6.45) is 1.81. The molecule has 0 saturated carbocycles. The van der Waals surface area contributed by atoms with Gasteiger partial charge in [0, 0.05) is 26.7 Å². The Morgan fingerprint density at radius 1 is 0.750 bits per heavy atom. The molecule has 0 aliphatic rings. The molecule has 0 fully saturated rings. The number of hydrogen-bond acceptors (Lipinski definition) is 1. The fourth-order valence-electron chi connectivity index (χ4n) is 2.65. The number of rotatable bonds is 1. The Kier molecular flexibility index (Phi) is 2.54. The highest BCUT2D eigenvalue weighted by Crippen LogP contribution is 2.38. The van der Waals surface area contributed by atoms with E-state index in [1.54, 1.807) is 0 Å². The topological polar surface area (TPSA) is 13.1 Å². The molecule has 0 bridgehead atoms. The minimum absolute atomic E-state index is 0.756. The maximum Gasteiger partial charge on any atom is 0.142 e. The van der Waals surface area contributed by atoms with Gasteiger partial charge in [-0.25, -0.2) is 0 Å². The Balaban J connectivity index is 2.12. The number of halogens is 1. The molecule has 1 nitrogen and oxygen atoms in total. The van der Waals surface area contributed by atoms with Crippen molar-refractivity contribution in [3.63, 3.8) is 0 Å². The summed E-state index contributed by atoms with van der Waals surface area (Å²) in [5.74, 6) is 0. The molecular formula is C18H11ClO. The van der Waals surface area contributed by atoms with E-state index in [0.717, 1.165) is 37.9 Å². The number of furan rings is 1. The van der Waals surface area contributed by atoms with E-state index in [-0.39, 0.29) is 0 Å². The predicted octanol–water partition coefficient (Wildman–Crippen LogP) is 5.91. The van der Waals surface area contributed by atoms with Crippen LogP contribution in [-0.2, 0) is 0 Å². The highest BCUT2D eigenvalue weighted by atomic mass is 35.5. The van der Waals surface area contributed by atoms with Crippen molar-refractivity contribution in [2.24, 2.45) is 0 Å². The first-order valence-corrected chi connectivity index (χ1v) is 6.86. The molecule has 0 aliphatic heterocycles. The van der Waals surface area contributed by atoms with E-state index in [2.05, 4.69) is 12.1 Å². The Hall–Kier alpha value is -2.25. The molecule has 0 unspecified atom stereocenters. The summed E-state index contributed by atoms with van der Waals surface area (Å²) in [6.45, 7) is 0. The first-order valence-electron chi connectivity index (χ1n) is 6.48. The molecule has 0 N–H and O–H groups in total. The van der Waals surface area contributed by atoms with Crippen LogP contribution in [0, 0.1) is 0 Å². The van der Waals surface area contributed by atoms with Crippen molar-refractivity contribution in [1.29, 1.82) is 0 Å². The Labute approximate surface area is 121 Å². The van der Waals surface area contributed by atoms with Crippen molar-refractivity contribution in [2.45, 2.75) is 0 Å². The first kappa shape index (κ1) is 11.6. The second-order valence-electron chi connectivity index (χ2n) is 4.80. The summed E-state index contributed by atoms with van der Waals surface area (Å²) >= 11 is 6.41. The Morgan fingerprint density at radius 3 is 2.25 bits per heavy atom. The lowest BCUT2D eigenvalue weighted by Gasteiger charge is -2.03. The van der Waals surface area contributed by atoms with E-state index in [1.165, 1.54) is 0 Å². The van der Waals surface area contributed by atoms with Crippen molar-refractivity contribution >= 4 is 33.3 Å². The summed E-state index contributed by atoms with van der Waals surface area (Å²) in [5.41, 5.74) is 3.11. The van der Waals surface area contributed by atoms with Gasteiger partial charge in [0.1, 0.15) is 5.58 Å². The summed E-state index contributed by atoms with van der Waals surface area (Å²) < 4.78 is 5.81. The zero-order valence-corrected chi connectivity index (χ0v) is 11.4. The predicted molar refractivity (Wildman–Crippen MR) is 84.2 cm³/mol. The zero-order chi connectivity index (χ0) is 13.5. The van der Waals surface area contributed by atoms with E-state index in [1.807, 2.05) is 54.8 Å². The van der Waals surface area contributed by atoms with Gasteiger partial charge in [0.2, 0.25) is 0 Å². The van der Waals surface area contributed by atoms with Gasteiger partial charge >= 0.3 is 0 Å². The quantitative estimate of drug-likeness (QED) is 0.422. The largest absolute Gasteiger partial charge is 0.463 e. The van der Waals surface area contributed by atoms with Crippen LogP contribution in [0.25, 0.3) is 32.9 Å². The third-order valence-corrected chi connectivity index (χ3v) is 3.93. The molecule has 96 valence electrons. The van der Waals surface area contributed by atoms with E-state index in [9.17, 15) is 0 Å². The highest BCUT2D eigenvalue weighted by Gasteiger charge is 2.12. The molecule has 0 amide bonds. The van der Waals surface area contributed by atoms with Gasteiger partial charge in [0.25, 0.3) is 0 Å². The minimum atomic E-state index is 0.756. The summed E-state index contributed by atoms with van der Waals surface area (Å²) in [5, 5.41) is 3.89. The number of fused-ring (bicyclic) bond motifs is 3. The monoisotopic (exact) mass is 278 g/mol. The lowest BCUT2D eigenvalue weighted by atomic mass is 10.0. The van der Waals surface area contributed by atoms with Crippen LogP contribution in [0.4, 0.5) is 0 Å². The van der Waals surface area contributed by atoms with Crippen LogP contribution in [-0.4, -0.2) is 0 Å². The van der Waals surface area contributed by atoms with Gasteiger partial charge in [0.05, 0.1) is 6.26 Å². The molecule has 4 rings (SSSR count). The van der Waals surface area contributed by atoms with E-state index in [4.69, 9.17) is 16.0 Å². The standard InChI is InChI=1S/C18H11ClO/c19-17-10-15-16(12-6-2-1-3-7-12)11-20-18(15)14-9-5-4-8-13(14)17/h1-11H. The molecule has 0 aliphatic carbocycles. The second-order valence-corrected chi connectivity index (χ2v) is 5.20. The van der Waals surface area contributed by atoms with Crippen molar-refractivity contribution in [1.82, 2.24) is 0 Å². The van der Waals surface area contributed by atoms with Gasteiger partial charge in [-0.1, -0.05) is 66.2 Å². The Morgan fingerprint density at radius 2 is 1.45 bits per heavy atom. The van der Waals surface area contributed by atoms with Crippen LogP contribution in [0.15, 0.2) is 71.3 Å². The highest BCUT2D eigenvalue weighted by molar-refractivity contribution is 6.37. The van der Waals surface area contributed by atoms with Crippen LogP contribution in [0.2, 0.25) is 5.02 Å². The van der Waals surface area contributed by atoms with Crippen molar-refractivity contribution in [3.05, 3.63) is 71.9 Å².